The van der Waals surface area contributed by atoms with E-state index in [-0.39, 0.29) is 40.8 Å². The molecule has 5 rings (SSSR count). The average molecular weight is 715 g/mol. The summed E-state index contributed by atoms with van der Waals surface area (Å²) in [4.78, 5) is 40.1. The molecular formula is C38H45ClF2N2O7. The van der Waals surface area contributed by atoms with Crippen LogP contribution in [0.2, 0.25) is 5.02 Å². The molecule has 2 unspecified atom stereocenters. The highest BCUT2D eigenvalue weighted by Gasteiger charge is 2.53. The van der Waals surface area contributed by atoms with Crippen molar-refractivity contribution in [2.75, 3.05) is 13.2 Å². The van der Waals surface area contributed by atoms with E-state index in [0.29, 0.717) is 36.8 Å². The highest BCUT2D eigenvalue weighted by Crippen LogP contribution is 2.56. The Hall–Kier alpha value is -3.80. The fourth-order valence-electron chi connectivity index (χ4n) is 7.19. The SMILES string of the molecule is CC(=O)COC1C=CC(C(N)=O)=C(c2c(Cl)c(F)cc3c2[C@H](C)[C@@](CN(C(=O)OC(C)(C)C)[C@H]2CC[C@](C)(O)CC2)(c2ccccc2)O3)C1F. The second-order valence-electron chi connectivity index (χ2n) is 14.8. The first-order valence-corrected chi connectivity index (χ1v) is 17.2. The van der Waals surface area contributed by atoms with Crippen molar-refractivity contribution in [2.45, 2.75) is 108 Å². The van der Waals surface area contributed by atoms with Crippen molar-refractivity contribution in [2.24, 2.45) is 5.73 Å². The van der Waals surface area contributed by atoms with Crippen LogP contribution in [-0.4, -0.2) is 70.5 Å². The number of rotatable bonds is 9. The number of hydrogen-bond donors (Lipinski definition) is 2. The van der Waals surface area contributed by atoms with Crippen molar-refractivity contribution in [1.29, 1.82) is 0 Å². The van der Waals surface area contributed by atoms with Gasteiger partial charge in [-0.25, -0.2) is 13.6 Å². The van der Waals surface area contributed by atoms with Gasteiger partial charge >= 0.3 is 6.09 Å². The minimum Gasteiger partial charge on any atom is -0.480 e. The molecule has 0 saturated heterocycles. The first kappa shape index (κ1) is 37.5. The molecule has 50 heavy (non-hydrogen) atoms. The normalized spacial score (nSPS) is 27.8. The first-order chi connectivity index (χ1) is 23.3. The van der Waals surface area contributed by atoms with E-state index in [1.807, 2.05) is 37.3 Å². The monoisotopic (exact) mass is 714 g/mol. The van der Waals surface area contributed by atoms with Crippen molar-refractivity contribution in [3.63, 3.8) is 0 Å². The summed E-state index contributed by atoms with van der Waals surface area (Å²) in [6.45, 7) is 9.74. The Bertz CT molecular complexity index is 1710. The minimum absolute atomic E-state index is 0.0493. The Morgan fingerprint density at radius 1 is 1.16 bits per heavy atom. The van der Waals surface area contributed by atoms with Gasteiger partial charge in [0.15, 0.2) is 17.6 Å². The van der Waals surface area contributed by atoms with Gasteiger partial charge in [0.25, 0.3) is 0 Å². The number of nitrogens with two attached hydrogens (primary N) is 1. The van der Waals surface area contributed by atoms with E-state index in [9.17, 15) is 19.5 Å². The second-order valence-corrected chi connectivity index (χ2v) is 15.2. The maximum absolute atomic E-state index is 16.6. The molecule has 1 saturated carbocycles. The molecular weight excluding hydrogens is 670 g/mol. The molecule has 1 aliphatic heterocycles. The smallest absolute Gasteiger partial charge is 0.410 e. The van der Waals surface area contributed by atoms with Crippen molar-refractivity contribution in [1.82, 2.24) is 4.90 Å². The van der Waals surface area contributed by atoms with Crippen LogP contribution < -0.4 is 10.5 Å². The van der Waals surface area contributed by atoms with E-state index < -0.39 is 64.4 Å². The number of primary amides is 1. The van der Waals surface area contributed by atoms with Gasteiger partial charge in [-0.15, -0.1) is 0 Å². The highest BCUT2D eigenvalue weighted by atomic mass is 35.5. The molecule has 2 amide bonds. The minimum atomic E-state index is -2.06. The van der Waals surface area contributed by atoms with Crippen LogP contribution in [0.1, 0.15) is 89.8 Å². The van der Waals surface area contributed by atoms with Crippen LogP contribution in [0.15, 0.2) is 54.1 Å². The van der Waals surface area contributed by atoms with Crippen molar-refractivity contribution in [3.05, 3.63) is 81.7 Å². The molecule has 0 aromatic heterocycles. The number of carbonyl (C=O) groups is 3. The number of amides is 2. The van der Waals surface area contributed by atoms with Crippen LogP contribution in [-0.2, 0) is 24.7 Å². The fourth-order valence-corrected chi connectivity index (χ4v) is 7.45. The zero-order chi connectivity index (χ0) is 36.8. The van der Waals surface area contributed by atoms with E-state index in [1.54, 1.807) is 32.6 Å². The number of nitrogens with zero attached hydrogens (tertiary/aromatic N) is 1. The quantitative estimate of drug-likeness (QED) is 0.289. The van der Waals surface area contributed by atoms with E-state index in [1.165, 1.54) is 19.1 Å². The van der Waals surface area contributed by atoms with E-state index in [4.69, 9.17) is 31.5 Å². The number of hydrogen-bond acceptors (Lipinski definition) is 7. The molecule has 4 atom stereocenters. The Morgan fingerprint density at radius 2 is 1.80 bits per heavy atom. The largest absolute Gasteiger partial charge is 0.480 e. The molecule has 270 valence electrons. The lowest BCUT2D eigenvalue weighted by Gasteiger charge is -2.44. The van der Waals surface area contributed by atoms with Crippen molar-refractivity contribution < 1.29 is 42.5 Å². The summed E-state index contributed by atoms with van der Waals surface area (Å²) in [5.74, 6) is -2.90. The standard InChI is InChI=1S/C38H45ClF2N2O7/c1-21(44)19-48-27-13-12-25(34(42)45)30(33(27)41)31-29-22(2)38(23-10-8-7-9-11-23,49-28(29)18-26(40)32(31)39)20-43(35(46)50-36(3,4)5)24-14-16-37(6,47)17-15-24/h7-13,18,22,24,27,33,47H,14-17,19-20H2,1-6H3,(H2,42,45)/t22-,24-,27?,33?,37-,38-/m0/s1. The van der Waals surface area contributed by atoms with Gasteiger partial charge in [-0.05, 0) is 65.9 Å². The predicted octanol–water partition coefficient (Wildman–Crippen LogP) is 6.92. The number of ether oxygens (including phenoxy) is 3. The van der Waals surface area contributed by atoms with Gasteiger partial charge in [0.2, 0.25) is 5.91 Å². The second kappa shape index (κ2) is 14.1. The van der Waals surface area contributed by atoms with E-state index >= 15 is 8.78 Å². The van der Waals surface area contributed by atoms with Crippen LogP contribution in [0.25, 0.3) is 5.57 Å². The van der Waals surface area contributed by atoms with Crippen molar-refractivity contribution in [3.8, 4) is 5.75 Å². The molecule has 9 nitrogen and oxygen atoms in total. The summed E-state index contributed by atoms with van der Waals surface area (Å²) in [7, 11) is 0. The van der Waals surface area contributed by atoms with Gasteiger partial charge in [-0.2, -0.15) is 0 Å². The first-order valence-electron chi connectivity index (χ1n) is 16.8. The van der Waals surface area contributed by atoms with Crippen LogP contribution in [0.4, 0.5) is 13.6 Å². The van der Waals surface area contributed by atoms with Gasteiger partial charge < -0.3 is 30.0 Å². The Labute approximate surface area is 296 Å². The Kier molecular flexibility index (Phi) is 10.5. The fraction of sp³-hybridized carbons (Fsp3) is 0.500. The number of Topliss-reactive ketones (excluding diaryl/α,β-unsaturated/α-hetero) is 1. The third kappa shape index (κ3) is 7.45. The number of halogens is 3. The summed E-state index contributed by atoms with van der Waals surface area (Å²) in [5, 5.41) is 10.3. The van der Waals surface area contributed by atoms with Crippen LogP contribution in [0.3, 0.4) is 0 Å². The maximum Gasteiger partial charge on any atom is 0.410 e. The third-order valence-electron chi connectivity index (χ3n) is 9.74. The number of alkyl halides is 1. The van der Waals surface area contributed by atoms with Crippen LogP contribution in [0, 0.1) is 5.82 Å². The van der Waals surface area contributed by atoms with Crippen molar-refractivity contribution >= 4 is 35.0 Å². The molecule has 2 aromatic carbocycles. The lowest BCUT2D eigenvalue weighted by molar-refractivity contribution is -0.123. The van der Waals surface area contributed by atoms with Crippen LogP contribution >= 0.6 is 11.6 Å². The summed E-state index contributed by atoms with van der Waals surface area (Å²) in [6, 6.07) is 9.92. The van der Waals surface area contributed by atoms with Gasteiger partial charge in [-0.1, -0.05) is 61.0 Å². The number of aliphatic hydroxyl groups is 1. The molecule has 3 N–H and O–H groups in total. The molecule has 1 fully saturated rings. The van der Waals surface area contributed by atoms with E-state index in [2.05, 4.69) is 0 Å². The lowest BCUT2D eigenvalue weighted by atomic mass is 9.75. The third-order valence-corrected chi connectivity index (χ3v) is 10.1. The molecule has 12 heteroatoms. The molecule has 3 aliphatic rings. The van der Waals surface area contributed by atoms with Crippen LogP contribution in [0.5, 0.6) is 5.75 Å². The maximum atomic E-state index is 16.6. The summed E-state index contributed by atoms with van der Waals surface area (Å²) >= 11 is 6.69. The number of benzene rings is 2. The number of fused-ring (bicyclic) bond motifs is 1. The molecule has 1 heterocycles. The lowest BCUT2D eigenvalue weighted by Crippen LogP contribution is -2.54. The topological polar surface area (TPSA) is 128 Å². The Balaban J connectivity index is 1.69. The van der Waals surface area contributed by atoms with Gasteiger partial charge in [0.05, 0.1) is 17.2 Å². The molecule has 0 spiro atoms. The Morgan fingerprint density at radius 3 is 2.38 bits per heavy atom. The zero-order valence-electron chi connectivity index (χ0n) is 29.2. The number of ketones is 1. The molecule has 2 aliphatic carbocycles. The van der Waals surface area contributed by atoms with Gasteiger partial charge in [0.1, 0.15) is 29.9 Å². The summed E-state index contributed by atoms with van der Waals surface area (Å²) in [5.41, 5.74) is 3.00. The van der Waals surface area contributed by atoms with Gasteiger partial charge in [0, 0.05) is 40.3 Å². The number of carbonyl (C=O) groups excluding carboxylic acids is 3. The molecule has 0 radical (unpaired) electrons. The summed E-state index contributed by atoms with van der Waals surface area (Å²) < 4.78 is 50.7. The molecule has 2 aromatic rings. The zero-order valence-corrected chi connectivity index (χ0v) is 30.0. The summed E-state index contributed by atoms with van der Waals surface area (Å²) in [6.07, 6.45) is 0.553. The van der Waals surface area contributed by atoms with E-state index in [0.717, 1.165) is 6.07 Å². The van der Waals surface area contributed by atoms with Gasteiger partial charge in [-0.3, -0.25) is 9.59 Å². The average Bonchev–Trinajstić information content (AvgIpc) is 3.30. The predicted molar refractivity (Wildman–Crippen MR) is 185 cm³/mol. The molecule has 0 bridgehead atoms. The highest BCUT2D eigenvalue weighted by molar-refractivity contribution is 6.33.